The predicted octanol–water partition coefficient (Wildman–Crippen LogP) is 2.83. The number of rotatable bonds is 6. The minimum atomic E-state index is -0.548. The topological polar surface area (TPSA) is 90.9 Å². The summed E-state index contributed by atoms with van der Waals surface area (Å²) in [6, 6.07) is 6.51. The average molecular weight is 389 g/mol. The number of carbonyl (C=O) groups excluding carboxylic acids is 3. The number of hydrogen-bond donors (Lipinski definition) is 1. The molecule has 0 saturated carbocycles. The van der Waals surface area contributed by atoms with Gasteiger partial charge in [-0.15, -0.1) is 11.3 Å². The third-order valence-corrected chi connectivity index (χ3v) is 5.42. The molecule has 142 valence electrons. The molecule has 1 heterocycles. The summed E-state index contributed by atoms with van der Waals surface area (Å²) in [4.78, 5) is 37.3. The zero-order valence-corrected chi connectivity index (χ0v) is 15.8. The fraction of sp³-hybridized carbons (Fsp3) is 0.316. The van der Waals surface area contributed by atoms with Crippen molar-refractivity contribution in [1.82, 2.24) is 0 Å². The number of thiophene rings is 1. The Morgan fingerprint density at radius 1 is 1.07 bits per heavy atom. The molecule has 0 fully saturated rings. The Balaban J connectivity index is 1.71. The molecule has 8 heteroatoms. The van der Waals surface area contributed by atoms with Crippen LogP contribution in [0.25, 0.3) is 0 Å². The number of benzene rings is 1. The predicted molar refractivity (Wildman–Crippen MR) is 99.6 cm³/mol. The van der Waals surface area contributed by atoms with Crippen LogP contribution in [0, 0.1) is 0 Å². The van der Waals surface area contributed by atoms with Crippen molar-refractivity contribution in [2.75, 3.05) is 26.1 Å². The SMILES string of the molecule is COC(=O)c1ccccc1OCC(=O)Nc1sc2c(c1C(=O)OC)CCC2. The fourth-order valence-corrected chi connectivity index (χ4v) is 4.28. The molecule has 1 aliphatic carbocycles. The van der Waals surface area contributed by atoms with Crippen molar-refractivity contribution in [3.8, 4) is 5.75 Å². The number of amides is 1. The van der Waals surface area contributed by atoms with Crippen molar-refractivity contribution < 1.29 is 28.6 Å². The second-order valence-electron chi connectivity index (χ2n) is 5.88. The number of aryl methyl sites for hydroxylation is 1. The first-order chi connectivity index (χ1) is 13.0. The van der Waals surface area contributed by atoms with Crippen molar-refractivity contribution in [2.24, 2.45) is 0 Å². The van der Waals surface area contributed by atoms with Gasteiger partial charge in [0.15, 0.2) is 6.61 Å². The summed E-state index contributed by atoms with van der Waals surface area (Å²) in [6.07, 6.45) is 2.69. The van der Waals surface area contributed by atoms with Gasteiger partial charge in [-0.05, 0) is 37.0 Å². The summed E-state index contributed by atoms with van der Waals surface area (Å²) in [5.41, 5.74) is 1.62. The lowest BCUT2D eigenvalue weighted by Crippen LogP contribution is -2.22. The molecule has 2 aromatic rings. The lowest BCUT2D eigenvalue weighted by atomic mass is 10.1. The second kappa shape index (κ2) is 8.22. The third-order valence-electron chi connectivity index (χ3n) is 4.21. The van der Waals surface area contributed by atoms with Crippen LogP contribution >= 0.6 is 11.3 Å². The van der Waals surface area contributed by atoms with E-state index in [1.807, 2.05) is 0 Å². The van der Waals surface area contributed by atoms with E-state index in [4.69, 9.17) is 14.2 Å². The highest BCUT2D eigenvalue weighted by molar-refractivity contribution is 7.17. The number of anilines is 1. The number of ether oxygens (including phenoxy) is 3. The van der Waals surface area contributed by atoms with Crippen LogP contribution in [0.15, 0.2) is 24.3 Å². The Morgan fingerprint density at radius 3 is 2.56 bits per heavy atom. The molecule has 1 N–H and O–H groups in total. The quantitative estimate of drug-likeness (QED) is 0.764. The van der Waals surface area contributed by atoms with Crippen LogP contribution < -0.4 is 10.1 Å². The van der Waals surface area contributed by atoms with Gasteiger partial charge in [-0.3, -0.25) is 4.79 Å². The summed E-state index contributed by atoms with van der Waals surface area (Å²) < 4.78 is 15.0. The molecule has 0 bridgehead atoms. The minimum absolute atomic E-state index is 0.234. The number of esters is 2. The van der Waals surface area contributed by atoms with Crippen LogP contribution in [0.5, 0.6) is 5.75 Å². The molecular weight excluding hydrogens is 370 g/mol. The van der Waals surface area contributed by atoms with Gasteiger partial charge in [0.25, 0.3) is 5.91 Å². The van der Waals surface area contributed by atoms with Gasteiger partial charge in [0.2, 0.25) is 0 Å². The fourth-order valence-electron chi connectivity index (χ4n) is 2.99. The normalized spacial score (nSPS) is 12.2. The molecule has 0 atom stereocenters. The number of fused-ring (bicyclic) bond motifs is 1. The Morgan fingerprint density at radius 2 is 1.81 bits per heavy atom. The van der Waals surface area contributed by atoms with Crippen molar-refractivity contribution in [1.29, 1.82) is 0 Å². The highest BCUT2D eigenvalue weighted by Crippen LogP contribution is 2.39. The van der Waals surface area contributed by atoms with E-state index in [2.05, 4.69) is 5.32 Å². The Bertz CT molecular complexity index is 888. The number of carbonyl (C=O) groups is 3. The average Bonchev–Trinajstić information content (AvgIpc) is 3.26. The second-order valence-corrected chi connectivity index (χ2v) is 6.98. The molecule has 0 saturated heterocycles. The molecule has 27 heavy (non-hydrogen) atoms. The molecule has 0 unspecified atom stereocenters. The van der Waals surface area contributed by atoms with E-state index in [-0.39, 0.29) is 17.9 Å². The van der Waals surface area contributed by atoms with E-state index in [1.165, 1.54) is 25.6 Å². The zero-order valence-electron chi connectivity index (χ0n) is 15.0. The van der Waals surface area contributed by atoms with Gasteiger partial charge < -0.3 is 19.5 Å². The number of nitrogens with one attached hydrogen (secondary N) is 1. The molecule has 7 nitrogen and oxygen atoms in total. The van der Waals surface area contributed by atoms with E-state index in [0.717, 1.165) is 29.7 Å². The van der Waals surface area contributed by atoms with Crippen molar-refractivity contribution in [2.45, 2.75) is 19.3 Å². The molecule has 3 rings (SSSR count). The summed E-state index contributed by atoms with van der Waals surface area (Å²) in [7, 11) is 2.59. The van der Waals surface area contributed by atoms with Gasteiger partial charge in [0, 0.05) is 4.88 Å². The van der Waals surface area contributed by atoms with Crippen molar-refractivity contribution >= 4 is 34.2 Å². The maximum Gasteiger partial charge on any atom is 0.341 e. The van der Waals surface area contributed by atoms with Crippen LogP contribution in [-0.2, 0) is 27.1 Å². The first-order valence-corrected chi connectivity index (χ1v) is 9.19. The van der Waals surface area contributed by atoms with Crippen molar-refractivity contribution in [3.05, 3.63) is 45.8 Å². The smallest absolute Gasteiger partial charge is 0.341 e. The van der Waals surface area contributed by atoms with Gasteiger partial charge in [-0.2, -0.15) is 0 Å². The van der Waals surface area contributed by atoms with Crippen LogP contribution in [0.3, 0.4) is 0 Å². The van der Waals surface area contributed by atoms with Gasteiger partial charge in [-0.1, -0.05) is 12.1 Å². The number of para-hydroxylation sites is 1. The number of methoxy groups -OCH3 is 2. The summed E-state index contributed by atoms with van der Waals surface area (Å²) in [6.45, 7) is -0.308. The van der Waals surface area contributed by atoms with E-state index < -0.39 is 17.8 Å². The monoisotopic (exact) mass is 389 g/mol. The van der Waals surface area contributed by atoms with Gasteiger partial charge in [-0.25, -0.2) is 9.59 Å². The minimum Gasteiger partial charge on any atom is -0.483 e. The molecule has 0 aliphatic heterocycles. The molecule has 1 aliphatic rings. The van der Waals surface area contributed by atoms with E-state index in [1.54, 1.807) is 24.3 Å². The van der Waals surface area contributed by atoms with Gasteiger partial charge in [0.1, 0.15) is 16.3 Å². The first kappa shape index (κ1) is 18.9. The molecule has 1 amide bonds. The first-order valence-electron chi connectivity index (χ1n) is 8.38. The molecule has 0 radical (unpaired) electrons. The maximum absolute atomic E-state index is 12.3. The maximum atomic E-state index is 12.3. The Labute approximate surface area is 160 Å². The Hall–Kier alpha value is -2.87. The highest BCUT2D eigenvalue weighted by atomic mass is 32.1. The van der Waals surface area contributed by atoms with Crippen LogP contribution in [0.4, 0.5) is 5.00 Å². The number of hydrogen-bond acceptors (Lipinski definition) is 7. The van der Waals surface area contributed by atoms with E-state index in [0.29, 0.717) is 10.6 Å². The van der Waals surface area contributed by atoms with Crippen LogP contribution in [0.1, 0.15) is 37.6 Å². The third kappa shape index (κ3) is 3.95. The van der Waals surface area contributed by atoms with Crippen LogP contribution in [-0.4, -0.2) is 38.7 Å². The lowest BCUT2D eigenvalue weighted by molar-refractivity contribution is -0.118. The molecule has 0 spiro atoms. The van der Waals surface area contributed by atoms with E-state index >= 15 is 0 Å². The molecule has 1 aromatic carbocycles. The van der Waals surface area contributed by atoms with Crippen LogP contribution in [0.2, 0.25) is 0 Å². The Kier molecular flexibility index (Phi) is 5.75. The summed E-state index contributed by atoms with van der Waals surface area (Å²) in [5.74, 6) is -1.18. The standard InChI is InChI=1S/C19H19NO6S/c1-24-18(22)11-6-3-4-8-13(11)26-10-15(21)20-17-16(19(23)25-2)12-7-5-9-14(12)27-17/h3-4,6,8H,5,7,9-10H2,1-2H3,(H,20,21). The summed E-state index contributed by atoms with van der Waals surface area (Å²) >= 11 is 1.39. The zero-order chi connectivity index (χ0) is 19.4. The van der Waals surface area contributed by atoms with Crippen molar-refractivity contribution in [3.63, 3.8) is 0 Å². The van der Waals surface area contributed by atoms with Gasteiger partial charge >= 0.3 is 11.9 Å². The molecule has 1 aromatic heterocycles. The van der Waals surface area contributed by atoms with E-state index in [9.17, 15) is 14.4 Å². The van der Waals surface area contributed by atoms with Gasteiger partial charge in [0.05, 0.1) is 19.8 Å². The highest BCUT2D eigenvalue weighted by Gasteiger charge is 2.28. The largest absolute Gasteiger partial charge is 0.483 e. The molecular formula is C19H19NO6S. The summed E-state index contributed by atoms with van der Waals surface area (Å²) in [5, 5.41) is 3.20. The lowest BCUT2D eigenvalue weighted by Gasteiger charge is -2.10.